The van der Waals surface area contributed by atoms with Crippen LogP contribution in [0.2, 0.25) is 0 Å². The average Bonchev–Trinajstić information content (AvgIpc) is 3.35. The zero-order valence-corrected chi connectivity index (χ0v) is 21.6. The van der Waals surface area contributed by atoms with Gasteiger partial charge >= 0.3 is 6.18 Å². The molecule has 0 bridgehead atoms. The van der Waals surface area contributed by atoms with Gasteiger partial charge in [0.1, 0.15) is 0 Å². The smallest absolute Gasteiger partial charge is 0.416 e. The number of rotatable bonds is 8. The monoisotopic (exact) mass is 544 g/mol. The lowest BCUT2D eigenvalue weighted by Crippen LogP contribution is -2.37. The van der Waals surface area contributed by atoms with Gasteiger partial charge in [-0.1, -0.05) is 12.1 Å². The van der Waals surface area contributed by atoms with E-state index in [1.54, 1.807) is 23.0 Å². The molecule has 2 aromatic carbocycles. The third-order valence-corrected chi connectivity index (χ3v) is 6.31. The van der Waals surface area contributed by atoms with Crippen molar-refractivity contribution in [3.8, 4) is 17.2 Å². The fourth-order valence-electron chi connectivity index (χ4n) is 4.33. The maximum absolute atomic E-state index is 13.0. The van der Waals surface area contributed by atoms with Crippen molar-refractivity contribution in [1.82, 2.24) is 19.5 Å². The molecule has 0 spiro atoms. The van der Waals surface area contributed by atoms with E-state index >= 15 is 0 Å². The van der Waals surface area contributed by atoms with Crippen LogP contribution in [0.3, 0.4) is 0 Å². The van der Waals surface area contributed by atoms with Crippen LogP contribution in [0, 0.1) is 0 Å². The minimum absolute atomic E-state index is 0.276. The average molecular weight is 545 g/mol. The first-order valence-corrected chi connectivity index (χ1v) is 12.1. The molecule has 2 aromatic heterocycles. The molecular weight excluding hydrogens is 517 g/mol. The molecule has 4 aromatic rings. The summed E-state index contributed by atoms with van der Waals surface area (Å²) in [7, 11) is 4.59. The van der Waals surface area contributed by atoms with Gasteiger partial charge in [0.2, 0.25) is 11.7 Å². The summed E-state index contributed by atoms with van der Waals surface area (Å²) in [5, 5.41) is 3.30. The number of fused-ring (bicyclic) bond motifs is 1. The molecule has 0 amide bonds. The summed E-state index contributed by atoms with van der Waals surface area (Å²) >= 11 is 0. The molecule has 5 rings (SSSR count). The van der Waals surface area contributed by atoms with Crippen molar-refractivity contribution < 1.29 is 32.1 Å². The van der Waals surface area contributed by atoms with Crippen LogP contribution >= 0.6 is 0 Å². The quantitative estimate of drug-likeness (QED) is 0.344. The highest BCUT2D eigenvalue weighted by Gasteiger charge is 2.30. The first kappa shape index (κ1) is 26.4. The highest BCUT2D eigenvalue weighted by molar-refractivity contribution is 5.87. The minimum atomic E-state index is -4.39. The number of halogens is 3. The second-order valence-electron chi connectivity index (χ2n) is 8.75. The molecule has 39 heavy (non-hydrogen) atoms. The molecule has 1 fully saturated rings. The van der Waals surface area contributed by atoms with E-state index in [0.29, 0.717) is 77.7 Å². The van der Waals surface area contributed by atoms with Crippen LogP contribution in [-0.4, -0.2) is 67.2 Å². The van der Waals surface area contributed by atoms with E-state index in [9.17, 15) is 13.2 Å². The van der Waals surface area contributed by atoms with Gasteiger partial charge in [0, 0.05) is 30.9 Å². The van der Waals surface area contributed by atoms with Crippen LogP contribution < -0.4 is 24.4 Å². The molecular formula is C26H27F3N6O4. The van der Waals surface area contributed by atoms with Crippen molar-refractivity contribution in [3.05, 3.63) is 53.9 Å². The summed E-state index contributed by atoms with van der Waals surface area (Å²) in [6, 6.07) is 8.55. The first-order chi connectivity index (χ1) is 18.8. The number of hydrogen-bond acceptors (Lipinski definition) is 9. The van der Waals surface area contributed by atoms with Crippen molar-refractivity contribution in [2.75, 3.05) is 57.8 Å². The van der Waals surface area contributed by atoms with Crippen LogP contribution in [0.15, 0.2) is 42.7 Å². The van der Waals surface area contributed by atoms with Crippen LogP contribution in [0.5, 0.6) is 17.2 Å². The number of nitrogens with one attached hydrogen (secondary N) is 1. The standard InChI is InChI=1S/C26H27F3N6O4/c1-36-19-12-18(13-20(37-2)22(19)38-3)31-23-21-24(33-25(32-23)34-8-10-39-11-9-34)35(15-30-21)14-16-4-6-17(7-5-16)26(27,28)29/h4-7,12-13,15H,8-11,14H2,1-3H3,(H,31,32,33). The normalized spacial score (nSPS) is 13.9. The van der Waals surface area contributed by atoms with Gasteiger partial charge < -0.3 is 33.7 Å². The maximum Gasteiger partial charge on any atom is 0.416 e. The third-order valence-electron chi connectivity index (χ3n) is 6.31. The lowest BCUT2D eigenvalue weighted by Gasteiger charge is -2.27. The van der Waals surface area contributed by atoms with Gasteiger partial charge in [-0.15, -0.1) is 0 Å². The van der Waals surface area contributed by atoms with E-state index in [4.69, 9.17) is 28.9 Å². The number of methoxy groups -OCH3 is 3. The molecule has 1 N–H and O–H groups in total. The lowest BCUT2D eigenvalue weighted by atomic mass is 10.1. The Morgan fingerprint density at radius 2 is 1.62 bits per heavy atom. The number of anilines is 3. The van der Waals surface area contributed by atoms with Crippen molar-refractivity contribution in [1.29, 1.82) is 0 Å². The Kier molecular flexibility index (Phi) is 7.33. The molecule has 0 radical (unpaired) electrons. The minimum Gasteiger partial charge on any atom is -0.493 e. The number of morpholine rings is 1. The number of imidazole rings is 1. The number of benzene rings is 2. The van der Waals surface area contributed by atoms with Crippen LogP contribution in [0.1, 0.15) is 11.1 Å². The van der Waals surface area contributed by atoms with Gasteiger partial charge in [0.15, 0.2) is 28.5 Å². The van der Waals surface area contributed by atoms with E-state index in [2.05, 4.69) is 10.3 Å². The van der Waals surface area contributed by atoms with Crippen molar-refractivity contribution in [2.45, 2.75) is 12.7 Å². The largest absolute Gasteiger partial charge is 0.493 e. The summed E-state index contributed by atoms with van der Waals surface area (Å²) in [5.41, 5.74) is 1.62. The summed E-state index contributed by atoms with van der Waals surface area (Å²) in [6.45, 7) is 2.59. The van der Waals surface area contributed by atoms with Crippen molar-refractivity contribution in [2.24, 2.45) is 0 Å². The summed E-state index contributed by atoms with van der Waals surface area (Å²) in [5.74, 6) is 2.31. The Morgan fingerprint density at radius 1 is 0.949 bits per heavy atom. The van der Waals surface area contributed by atoms with Gasteiger partial charge in [-0.05, 0) is 17.7 Å². The molecule has 10 nitrogen and oxygen atoms in total. The van der Waals surface area contributed by atoms with Gasteiger partial charge in [0.05, 0.1) is 53.0 Å². The predicted octanol–water partition coefficient (Wildman–Crippen LogP) is 4.50. The summed E-state index contributed by atoms with van der Waals surface area (Å²) in [6.07, 6.45) is -2.80. The van der Waals surface area contributed by atoms with E-state index in [1.807, 2.05) is 4.90 Å². The van der Waals surface area contributed by atoms with Crippen LogP contribution in [-0.2, 0) is 17.5 Å². The van der Waals surface area contributed by atoms with E-state index in [1.165, 1.54) is 33.5 Å². The molecule has 3 heterocycles. The Labute approximate surface area is 222 Å². The fraction of sp³-hybridized carbons (Fsp3) is 0.346. The van der Waals surface area contributed by atoms with E-state index in [-0.39, 0.29) is 6.54 Å². The van der Waals surface area contributed by atoms with Gasteiger partial charge in [-0.25, -0.2) is 4.98 Å². The molecule has 0 unspecified atom stereocenters. The number of ether oxygens (including phenoxy) is 4. The second-order valence-corrected chi connectivity index (χ2v) is 8.75. The summed E-state index contributed by atoms with van der Waals surface area (Å²) < 4.78 is 62.7. The third kappa shape index (κ3) is 5.48. The first-order valence-electron chi connectivity index (χ1n) is 12.1. The predicted molar refractivity (Wildman–Crippen MR) is 138 cm³/mol. The van der Waals surface area contributed by atoms with Gasteiger partial charge in [0.25, 0.3) is 0 Å². The molecule has 1 saturated heterocycles. The SMILES string of the molecule is COc1cc(Nc2nc(N3CCOCC3)nc3c2ncn3Cc2ccc(C(F)(F)F)cc2)cc(OC)c1OC. The zero-order chi connectivity index (χ0) is 27.6. The topological polar surface area (TPSA) is 95.8 Å². The van der Waals surface area contributed by atoms with Crippen LogP contribution in [0.4, 0.5) is 30.6 Å². The number of hydrogen-bond donors (Lipinski definition) is 1. The van der Waals surface area contributed by atoms with Gasteiger partial charge in [-0.3, -0.25) is 0 Å². The summed E-state index contributed by atoms with van der Waals surface area (Å²) in [4.78, 5) is 16.1. The molecule has 1 aliphatic rings. The Balaban J connectivity index is 1.55. The zero-order valence-electron chi connectivity index (χ0n) is 21.6. The van der Waals surface area contributed by atoms with Gasteiger partial charge in [-0.2, -0.15) is 23.1 Å². The lowest BCUT2D eigenvalue weighted by molar-refractivity contribution is -0.137. The number of alkyl halides is 3. The highest BCUT2D eigenvalue weighted by Crippen LogP contribution is 2.41. The number of aromatic nitrogens is 4. The van der Waals surface area contributed by atoms with E-state index < -0.39 is 11.7 Å². The molecule has 13 heteroatoms. The highest BCUT2D eigenvalue weighted by atomic mass is 19.4. The second kappa shape index (κ2) is 10.8. The van der Waals surface area contributed by atoms with Crippen molar-refractivity contribution >= 4 is 28.6 Å². The molecule has 206 valence electrons. The molecule has 0 atom stereocenters. The maximum atomic E-state index is 13.0. The molecule has 0 aliphatic carbocycles. The Morgan fingerprint density at radius 3 is 2.21 bits per heavy atom. The van der Waals surface area contributed by atoms with Crippen molar-refractivity contribution in [3.63, 3.8) is 0 Å². The number of nitrogens with zero attached hydrogens (tertiary/aromatic N) is 5. The molecule has 0 saturated carbocycles. The molecule has 1 aliphatic heterocycles. The Bertz CT molecular complexity index is 1430. The van der Waals surface area contributed by atoms with E-state index in [0.717, 1.165) is 12.1 Å². The fourth-order valence-corrected chi connectivity index (χ4v) is 4.33. The van der Waals surface area contributed by atoms with Crippen LogP contribution in [0.25, 0.3) is 11.2 Å². The Hall–Kier alpha value is -4.26.